The predicted molar refractivity (Wildman–Crippen MR) is 153 cm³/mol. The number of carbonyl (C=O) groups is 1. The first-order valence-electron chi connectivity index (χ1n) is 13.7. The molecule has 0 spiro atoms. The van der Waals surface area contributed by atoms with E-state index in [1.807, 2.05) is 31.2 Å². The van der Waals surface area contributed by atoms with Gasteiger partial charge in [-0.25, -0.2) is 4.98 Å². The molecule has 0 radical (unpaired) electrons. The van der Waals surface area contributed by atoms with Crippen LogP contribution in [-0.2, 0) is 33.8 Å². The van der Waals surface area contributed by atoms with E-state index in [1.54, 1.807) is 7.11 Å². The summed E-state index contributed by atoms with van der Waals surface area (Å²) >= 11 is 0. The number of benzene rings is 2. The number of methoxy groups -OCH3 is 2. The van der Waals surface area contributed by atoms with Crippen LogP contribution in [0.4, 0.5) is 5.82 Å². The van der Waals surface area contributed by atoms with Gasteiger partial charge in [0.25, 0.3) is 0 Å². The average molecular weight is 530 g/mol. The first-order chi connectivity index (χ1) is 18.9. The molecule has 0 aliphatic carbocycles. The van der Waals surface area contributed by atoms with Crippen LogP contribution in [0, 0.1) is 19.3 Å². The second-order valence-corrected chi connectivity index (χ2v) is 10.9. The number of esters is 1. The number of aryl methyl sites for hydroxylation is 2. The van der Waals surface area contributed by atoms with Crippen LogP contribution in [0.15, 0.2) is 48.5 Å². The van der Waals surface area contributed by atoms with Crippen molar-refractivity contribution >= 4 is 11.8 Å². The molecule has 5 rings (SSSR count). The molecule has 3 heterocycles. The van der Waals surface area contributed by atoms with E-state index in [9.17, 15) is 4.79 Å². The number of nitrogens with one attached hydrogen (secondary N) is 1. The number of anilines is 1. The summed E-state index contributed by atoms with van der Waals surface area (Å²) in [4.78, 5) is 20.0. The molecule has 1 N–H and O–H groups in total. The van der Waals surface area contributed by atoms with Crippen LogP contribution in [0.5, 0.6) is 5.75 Å². The molecular formula is C32H39N3O4. The van der Waals surface area contributed by atoms with Crippen LogP contribution < -0.4 is 15.0 Å². The molecule has 1 aromatic heterocycles. The Morgan fingerprint density at radius 1 is 1.13 bits per heavy atom. The van der Waals surface area contributed by atoms with E-state index in [0.29, 0.717) is 26.2 Å². The van der Waals surface area contributed by atoms with Crippen molar-refractivity contribution in [3.05, 3.63) is 76.3 Å². The summed E-state index contributed by atoms with van der Waals surface area (Å²) in [7, 11) is 3.11. The smallest absolute Gasteiger partial charge is 0.313 e. The largest absolute Gasteiger partial charge is 0.488 e. The number of hydrogen-bond donors (Lipinski definition) is 1. The molecular weight excluding hydrogens is 490 g/mol. The van der Waals surface area contributed by atoms with Crippen LogP contribution in [0.2, 0.25) is 0 Å². The second kappa shape index (κ2) is 11.4. The average Bonchev–Trinajstić information content (AvgIpc) is 3.29. The minimum atomic E-state index is -0.664. The van der Waals surface area contributed by atoms with Crippen molar-refractivity contribution in [3.63, 3.8) is 0 Å². The summed E-state index contributed by atoms with van der Waals surface area (Å²) in [5.74, 6) is 1.44. The lowest BCUT2D eigenvalue weighted by atomic mass is 9.82. The van der Waals surface area contributed by atoms with Crippen molar-refractivity contribution in [2.24, 2.45) is 5.41 Å². The van der Waals surface area contributed by atoms with E-state index in [0.717, 1.165) is 47.9 Å². The van der Waals surface area contributed by atoms with Gasteiger partial charge in [-0.05, 0) is 86.2 Å². The maximum atomic E-state index is 12.7. The molecule has 7 heteroatoms. The lowest BCUT2D eigenvalue weighted by Gasteiger charge is -2.33. The summed E-state index contributed by atoms with van der Waals surface area (Å²) in [6.07, 6.45) is 1.72. The number of aromatic nitrogens is 1. The first kappa shape index (κ1) is 27.2. The van der Waals surface area contributed by atoms with Crippen LogP contribution in [-0.4, -0.2) is 50.9 Å². The van der Waals surface area contributed by atoms with Gasteiger partial charge in [-0.3, -0.25) is 4.79 Å². The Morgan fingerprint density at radius 3 is 2.74 bits per heavy atom. The number of fused-ring (bicyclic) bond motifs is 1. The standard InChI is InChI=1S/C32H39N3O4/c1-21-8-6-9-25(30(21)39-19-23-16-22(2)26-18-33-14-12-24(26)17-23)27-10-7-11-29(34-27)35-15-13-32(3,31(36)38-5)28(35)20-37-4/h6-11,16-17,28,33H,12-15,18-20H2,1-5H3/t28?,32-/m1/s1. The van der Waals surface area contributed by atoms with Gasteiger partial charge in [0, 0.05) is 25.8 Å². The van der Waals surface area contributed by atoms with E-state index in [4.69, 9.17) is 19.2 Å². The van der Waals surface area contributed by atoms with Gasteiger partial charge >= 0.3 is 5.97 Å². The van der Waals surface area contributed by atoms with Crippen LogP contribution in [0.3, 0.4) is 0 Å². The number of ether oxygens (including phenoxy) is 3. The lowest BCUT2D eigenvalue weighted by Crippen LogP contribution is -2.46. The topological polar surface area (TPSA) is 72.9 Å². The lowest BCUT2D eigenvalue weighted by molar-refractivity contribution is -0.152. The van der Waals surface area contributed by atoms with Crippen LogP contribution >= 0.6 is 0 Å². The second-order valence-electron chi connectivity index (χ2n) is 10.9. The third kappa shape index (κ3) is 5.25. The molecule has 3 aromatic rings. The molecule has 206 valence electrons. The highest BCUT2D eigenvalue weighted by Gasteiger charge is 2.50. The van der Waals surface area contributed by atoms with Gasteiger partial charge < -0.3 is 24.4 Å². The molecule has 2 aromatic carbocycles. The zero-order chi connectivity index (χ0) is 27.6. The van der Waals surface area contributed by atoms with Gasteiger partial charge in [0.15, 0.2) is 0 Å². The van der Waals surface area contributed by atoms with Crippen molar-refractivity contribution in [2.45, 2.75) is 52.8 Å². The van der Waals surface area contributed by atoms with Crippen molar-refractivity contribution in [1.82, 2.24) is 10.3 Å². The van der Waals surface area contributed by atoms with Crippen LogP contribution in [0.25, 0.3) is 11.3 Å². The summed E-state index contributed by atoms with van der Waals surface area (Å²) in [6.45, 7) is 9.77. The van der Waals surface area contributed by atoms with Crippen molar-refractivity contribution in [1.29, 1.82) is 0 Å². The first-order valence-corrected chi connectivity index (χ1v) is 13.7. The van der Waals surface area contributed by atoms with Crippen molar-refractivity contribution < 1.29 is 19.0 Å². The Labute approximate surface area is 231 Å². The molecule has 0 bridgehead atoms. The normalized spacial score (nSPS) is 20.5. The third-order valence-electron chi connectivity index (χ3n) is 8.36. The Bertz CT molecular complexity index is 1360. The number of pyridine rings is 1. The van der Waals surface area contributed by atoms with Gasteiger partial charge in [-0.2, -0.15) is 0 Å². The van der Waals surface area contributed by atoms with Gasteiger partial charge in [0.2, 0.25) is 0 Å². The highest BCUT2D eigenvalue weighted by atomic mass is 16.5. The summed E-state index contributed by atoms with van der Waals surface area (Å²) < 4.78 is 17.2. The van der Waals surface area contributed by atoms with Crippen LogP contribution in [0.1, 0.15) is 41.2 Å². The van der Waals surface area contributed by atoms with E-state index < -0.39 is 5.41 Å². The number of nitrogens with zero attached hydrogens (tertiary/aromatic N) is 2. The molecule has 7 nitrogen and oxygen atoms in total. The Balaban J connectivity index is 1.43. The molecule has 1 fully saturated rings. The minimum Gasteiger partial charge on any atom is -0.488 e. The minimum absolute atomic E-state index is 0.173. The molecule has 0 saturated carbocycles. The number of rotatable bonds is 8. The molecule has 39 heavy (non-hydrogen) atoms. The van der Waals surface area contributed by atoms with Gasteiger partial charge in [0.05, 0.1) is 30.9 Å². The number of carbonyl (C=O) groups excluding carboxylic acids is 1. The quantitative estimate of drug-likeness (QED) is 0.412. The fraction of sp³-hybridized carbons (Fsp3) is 0.438. The highest BCUT2D eigenvalue weighted by Crippen LogP contribution is 2.41. The predicted octanol–water partition coefficient (Wildman–Crippen LogP) is 4.99. The van der Waals surface area contributed by atoms with E-state index in [1.165, 1.54) is 29.4 Å². The molecule has 1 saturated heterocycles. The van der Waals surface area contributed by atoms with Gasteiger partial charge in [-0.15, -0.1) is 0 Å². The Hall–Kier alpha value is -3.42. The number of hydrogen-bond acceptors (Lipinski definition) is 7. The fourth-order valence-electron chi connectivity index (χ4n) is 6.10. The van der Waals surface area contributed by atoms with Gasteiger partial charge in [0.1, 0.15) is 18.2 Å². The summed E-state index contributed by atoms with van der Waals surface area (Å²) in [5.41, 5.74) is 7.52. The molecule has 2 atom stereocenters. The maximum Gasteiger partial charge on any atom is 0.313 e. The fourth-order valence-corrected chi connectivity index (χ4v) is 6.10. The SMILES string of the molecule is COCC1N(c2cccc(-c3cccc(C)c3OCc3cc(C)c4c(c3)CCNC4)n2)CC[C@@]1(C)C(=O)OC. The van der Waals surface area contributed by atoms with Gasteiger partial charge in [-0.1, -0.05) is 30.3 Å². The Kier molecular flexibility index (Phi) is 7.91. The van der Waals surface area contributed by atoms with E-state index in [2.05, 4.69) is 48.3 Å². The molecule has 2 aliphatic heterocycles. The summed E-state index contributed by atoms with van der Waals surface area (Å²) in [5, 5.41) is 3.47. The maximum absolute atomic E-state index is 12.7. The van der Waals surface area contributed by atoms with E-state index in [-0.39, 0.29) is 12.0 Å². The zero-order valence-electron chi connectivity index (χ0n) is 23.7. The number of para-hydroxylation sites is 1. The molecule has 1 unspecified atom stereocenters. The van der Waals surface area contributed by atoms with Crippen molar-refractivity contribution in [3.8, 4) is 17.0 Å². The summed E-state index contributed by atoms with van der Waals surface area (Å²) in [6, 6.07) is 16.6. The Morgan fingerprint density at radius 2 is 1.95 bits per heavy atom. The molecule has 0 amide bonds. The third-order valence-corrected chi connectivity index (χ3v) is 8.36. The highest BCUT2D eigenvalue weighted by molar-refractivity contribution is 5.79. The monoisotopic (exact) mass is 529 g/mol. The molecule has 2 aliphatic rings. The zero-order valence-corrected chi connectivity index (χ0v) is 23.7. The van der Waals surface area contributed by atoms with Crippen molar-refractivity contribution in [2.75, 3.05) is 38.8 Å². The van der Waals surface area contributed by atoms with E-state index >= 15 is 0 Å².